The number of fused-ring (bicyclic) bond motifs is 2. The summed E-state index contributed by atoms with van der Waals surface area (Å²) in [6.07, 6.45) is 0. The molecule has 0 N–H and O–H groups in total. The van der Waals surface area contributed by atoms with Crippen LogP contribution in [-0.4, -0.2) is 5.91 Å². The van der Waals surface area contributed by atoms with Crippen LogP contribution in [0.3, 0.4) is 0 Å². The lowest BCUT2D eigenvalue weighted by Crippen LogP contribution is -2.29. The largest absolute Gasteiger partial charge is 0.450 e. The molecule has 4 nitrogen and oxygen atoms in total. The quantitative estimate of drug-likeness (QED) is 0.332. The molecular formula is C28H24ClNO3. The van der Waals surface area contributed by atoms with Crippen molar-refractivity contribution in [2.45, 2.75) is 39.2 Å². The average molecular weight is 458 g/mol. The molecule has 166 valence electrons. The molecule has 4 aromatic rings. The van der Waals surface area contributed by atoms with E-state index in [1.54, 1.807) is 23.1 Å². The topological polar surface area (TPSA) is 50.5 Å². The van der Waals surface area contributed by atoms with Crippen molar-refractivity contribution in [2.75, 3.05) is 4.90 Å². The molecule has 0 saturated carbocycles. The number of hydrogen-bond acceptors (Lipinski definition) is 3. The van der Waals surface area contributed by atoms with Crippen LogP contribution in [0.1, 0.15) is 59.6 Å². The Morgan fingerprint density at radius 3 is 2.21 bits per heavy atom. The lowest BCUT2D eigenvalue weighted by molar-refractivity contribution is 0.0971. The second-order valence-corrected chi connectivity index (χ2v) is 10.0. The van der Waals surface area contributed by atoms with E-state index in [0.29, 0.717) is 27.2 Å². The zero-order valence-electron chi connectivity index (χ0n) is 19.0. The Morgan fingerprint density at radius 1 is 0.909 bits per heavy atom. The normalized spacial score (nSPS) is 15.8. The molecule has 33 heavy (non-hydrogen) atoms. The van der Waals surface area contributed by atoms with Gasteiger partial charge in [-0.3, -0.25) is 14.5 Å². The van der Waals surface area contributed by atoms with Crippen LogP contribution < -0.4 is 10.3 Å². The number of anilines is 1. The molecule has 1 aliphatic rings. The number of amides is 1. The third-order valence-electron chi connectivity index (χ3n) is 6.24. The molecule has 0 saturated heterocycles. The van der Waals surface area contributed by atoms with Gasteiger partial charge in [0.05, 0.1) is 17.0 Å². The van der Waals surface area contributed by atoms with Crippen LogP contribution in [0, 0.1) is 6.92 Å². The zero-order chi connectivity index (χ0) is 23.5. The summed E-state index contributed by atoms with van der Waals surface area (Å²) in [7, 11) is 0. The minimum atomic E-state index is -0.594. The molecular weight excluding hydrogens is 434 g/mol. The lowest BCUT2D eigenvalue weighted by Gasteiger charge is -2.26. The second-order valence-electron chi connectivity index (χ2n) is 9.60. The Bertz CT molecular complexity index is 1440. The molecule has 1 amide bonds. The van der Waals surface area contributed by atoms with Gasteiger partial charge in [0.2, 0.25) is 5.76 Å². The number of carbonyl (C=O) groups excluding carboxylic acids is 1. The van der Waals surface area contributed by atoms with Crippen molar-refractivity contribution in [2.24, 2.45) is 0 Å². The first-order valence-electron chi connectivity index (χ1n) is 10.9. The van der Waals surface area contributed by atoms with Crippen LogP contribution in [0.2, 0.25) is 5.02 Å². The number of hydrogen-bond donors (Lipinski definition) is 0. The van der Waals surface area contributed by atoms with Gasteiger partial charge >= 0.3 is 0 Å². The van der Waals surface area contributed by atoms with Crippen molar-refractivity contribution in [3.05, 3.63) is 110 Å². The summed E-state index contributed by atoms with van der Waals surface area (Å²) in [5.74, 6) is -0.243. The van der Waals surface area contributed by atoms with E-state index in [9.17, 15) is 9.59 Å². The summed E-state index contributed by atoms with van der Waals surface area (Å²) in [5.41, 5.74) is 4.28. The first-order valence-corrected chi connectivity index (χ1v) is 11.3. The standard InChI is InChI=1S/C28H24ClNO3/c1-16-5-12-20(13-6-16)30-24(17-7-9-18(10-8-17)28(2,3)4)23-25(31)21-15-19(29)11-14-22(21)33-26(23)27(30)32/h5-15,24H,1-4H3. The average Bonchev–Trinajstić information content (AvgIpc) is 3.07. The van der Waals surface area contributed by atoms with E-state index in [2.05, 4.69) is 32.9 Å². The van der Waals surface area contributed by atoms with E-state index in [-0.39, 0.29) is 22.5 Å². The maximum absolute atomic E-state index is 13.7. The summed E-state index contributed by atoms with van der Waals surface area (Å²) in [6.45, 7) is 8.45. The van der Waals surface area contributed by atoms with E-state index in [4.69, 9.17) is 16.0 Å². The number of nitrogens with zero attached hydrogens (tertiary/aromatic N) is 1. The minimum absolute atomic E-state index is 0.00937. The van der Waals surface area contributed by atoms with E-state index in [0.717, 1.165) is 11.1 Å². The fourth-order valence-electron chi connectivity index (χ4n) is 4.40. The Hall–Kier alpha value is -3.37. The van der Waals surface area contributed by atoms with Crippen LogP contribution in [0.25, 0.3) is 11.0 Å². The Kier molecular flexibility index (Phi) is 4.95. The number of rotatable bonds is 2. The maximum atomic E-state index is 13.7. The van der Waals surface area contributed by atoms with Crippen LogP contribution in [0.4, 0.5) is 5.69 Å². The van der Waals surface area contributed by atoms with Crippen LogP contribution in [0.5, 0.6) is 0 Å². The molecule has 5 heteroatoms. The van der Waals surface area contributed by atoms with Gasteiger partial charge in [-0.25, -0.2) is 0 Å². The Labute approximate surface area is 197 Å². The molecule has 0 aliphatic carbocycles. The highest BCUT2D eigenvalue weighted by atomic mass is 35.5. The molecule has 1 unspecified atom stereocenters. The summed E-state index contributed by atoms with van der Waals surface area (Å²) in [5, 5.41) is 0.816. The summed E-state index contributed by atoms with van der Waals surface area (Å²) < 4.78 is 6.01. The van der Waals surface area contributed by atoms with Gasteiger partial charge in [0.15, 0.2) is 5.43 Å². The SMILES string of the molecule is Cc1ccc(N2C(=O)c3oc4ccc(Cl)cc4c(=O)c3C2c2ccc(C(C)(C)C)cc2)cc1. The Balaban J connectivity index is 1.77. The van der Waals surface area contributed by atoms with Gasteiger partial charge in [-0.2, -0.15) is 0 Å². The van der Waals surface area contributed by atoms with Crippen molar-refractivity contribution >= 4 is 34.2 Å². The highest BCUT2D eigenvalue weighted by Crippen LogP contribution is 2.41. The lowest BCUT2D eigenvalue weighted by atomic mass is 9.86. The Morgan fingerprint density at radius 2 is 1.58 bits per heavy atom. The first-order chi connectivity index (χ1) is 15.6. The third kappa shape index (κ3) is 3.55. The van der Waals surface area contributed by atoms with Gasteiger partial charge in [0.1, 0.15) is 5.58 Å². The maximum Gasteiger partial charge on any atom is 0.295 e. The summed E-state index contributed by atoms with van der Waals surface area (Å²) >= 11 is 6.17. The molecule has 5 rings (SSSR count). The van der Waals surface area contributed by atoms with Gasteiger partial charge in [0.25, 0.3) is 5.91 Å². The molecule has 0 spiro atoms. The molecule has 1 aliphatic heterocycles. The van der Waals surface area contributed by atoms with Gasteiger partial charge in [-0.05, 0) is 53.8 Å². The number of halogens is 1. The van der Waals surface area contributed by atoms with Crippen LogP contribution in [-0.2, 0) is 5.41 Å². The minimum Gasteiger partial charge on any atom is -0.450 e. The van der Waals surface area contributed by atoms with Gasteiger partial charge < -0.3 is 4.42 Å². The predicted molar refractivity (Wildman–Crippen MR) is 132 cm³/mol. The van der Waals surface area contributed by atoms with Gasteiger partial charge in [-0.1, -0.05) is 74.3 Å². The van der Waals surface area contributed by atoms with Crippen molar-refractivity contribution in [1.29, 1.82) is 0 Å². The smallest absolute Gasteiger partial charge is 0.295 e. The van der Waals surface area contributed by atoms with Crippen molar-refractivity contribution in [3.63, 3.8) is 0 Å². The van der Waals surface area contributed by atoms with E-state index in [1.807, 2.05) is 43.3 Å². The third-order valence-corrected chi connectivity index (χ3v) is 6.47. The predicted octanol–water partition coefficient (Wildman–Crippen LogP) is 6.80. The molecule has 2 heterocycles. The van der Waals surface area contributed by atoms with Crippen molar-refractivity contribution in [3.8, 4) is 0 Å². The molecule has 1 atom stereocenters. The fraction of sp³-hybridized carbons (Fsp3) is 0.214. The monoisotopic (exact) mass is 457 g/mol. The van der Waals surface area contributed by atoms with Gasteiger partial charge in [0, 0.05) is 10.7 Å². The highest BCUT2D eigenvalue weighted by Gasteiger charge is 2.43. The summed E-state index contributed by atoms with van der Waals surface area (Å²) in [6, 6.07) is 20.1. The van der Waals surface area contributed by atoms with Crippen molar-refractivity contribution in [1.82, 2.24) is 0 Å². The molecule has 3 aromatic carbocycles. The van der Waals surface area contributed by atoms with Crippen LogP contribution in [0.15, 0.2) is 75.9 Å². The second kappa shape index (κ2) is 7.60. The zero-order valence-corrected chi connectivity index (χ0v) is 19.7. The van der Waals surface area contributed by atoms with E-state index >= 15 is 0 Å². The number of aryl methyl sites for hydroxylation is 1. The summed E-state index contributed by atoms with van der Waals surface area (Å²) in [4.78, 5) is 28.9. The molecule has 0 radical (unpaired) electrons. The van der Waals surface area contributed by atoms with E-state index < -0.39 is 6.04 Å². The van der Waals surface area contributed by atoms with Crippen LogP contribution >= 0.6 is 11.6 Å². The first kappa shape index (κ1) is 21.5. The highest BCUT2D eigenvalue weighted by molar-refractivity contribution is 6.31. The number of benzene rings is 3. The number of carbonyl (C=O) groups is 1. The molecule has 0 bridgehead atoms. The van der Waals surface area contributed by atoms with E-state index in [1.165, 1.54) is 5.56 Å². The van der Waals surface area contributed by atoms with Gasteiger partial charge in [-0.15, -0.1) is 0 Å². The molecule has 1 aromatic heterocycles. The fourth-order valence-corrected chi connectivity index (χ4v) is 4.57. The van der Waals surface area contributed by atoms with Crippen molar-refractivity contribution < 1.29 is 9.21 Å². The molecule has 0 fully saturated rings.